The van der Waals surface area contributed by atoms with Crippen molar-refractivity contribution in [2.75, 3.05) is 11.4 Å². The highest BCUT2D eigenvalue weighted by atomic mass is 15.6. The molecule has 19 heavy (non-hydrogen) atoms. The van der Waals surface area contributed by atoms with E-state index in [-0.39, 0.29) is 6.04 Å². The van der Waals surface area contributed by atoms with Gasteiger partial charge in [-0.2, -0.15) is 4.68 Å². The lowest BCUT2D eigenvalue weighted by molar-refractivity contribution is 0.422. The minimum atomic E-state index is 0.285. The molecule has 0 amide bonds. The van der Waals surface area contributed by atoms with Crippen molar-refractivity contribution in [1.29, 1.82) is 0 Å². The fourth-order valence-corrected chi connectivity index (χ4v) is 2.60. The van der Waals surface area contributed by atoms with Gasteiger partial charge < -0.3 is 10.6 Å². The number of anilines is 1. The van der Waals surface area contributed by atoms with Crippen LogP contribution >= 0.6 is 0 Å². The molecule has 3 rings (SSSR count). The summed E-state index contributed by atoms with van der Waals surface area (Å²) in [4.78, 5) is 2.23. The first-order valence-corrected chi connectivity index (χ1v) is 6.61. The summed E-state index contributed by atoms with van der Waals surface area (Å²) in [6.45, 7) is 3.07. The molecule has 0 radical (unpaired) electrons. The highest BCUT2D eigenvalue weighted by Crippen LogP contribution is 2.23. The second-order valence-electron chi connectivity index (χ2n) is 5.05. The maximum atomic E-state index is 6.00. The molecule has 1 aliphatic heterocycles. The van der Waals surface area contributed by atoms with Crippen LogP contribution in [0.2, 0.25) is 0 Å². The summed E-state index contributed by atoms with van der Waals surface area (Å²) in [5.74, 6) is 0.797. The minimum Gasteiger partial charge on any atom is -0.337 e. The predicted molar refractivity (Wildman–Crippen MR) is 73.2 cm³/mol. The monoisotopic (exact) mass is 258 g/mol. The number of benzene rings is 1. The Morgan fingerprint density at radius 3 is 2.79 bits per heavy atom. The van der Waals surface area contributed by atoms with E-state index in [1.54, 1.807) is 4.68 Å². The van der Waals surface area contributed by atoms with Crippen LogP contribution in [-0.4, -0.2) is 38.8 Å². The maximum Gasteiger partial charge on any atom is 0.250 e. The van der Waals surface area contributed by atoms with Crippen LogP contribution in [0.3, 0.4) is 0 Å². The molecule has 100 valence electrons. The van der Waals surface area contributed by atoms with Crippen LogP contribution < -0.4 is 10.6 Å². The van der Waals surface area contributed by atoms with Crippen molar-refractivity contribution in [2.45, 2.75) is 31.8 Å². The summed E-state index contributed by atoms with van der Waals surface area (Å²) < 4.78 is 1.79. The first kappa shape index (κ1) is 12.1. The van der Waals surface area contributed by atoms with Gasteiger partial charge in [-0.05, 0) is 42.3 Å². The molecule has 0 spiro atoms. The van der Waals surface area contributed by atoms with E-state index in [0.29, 0.717) is 6.04 Å². The van der Waals surface area contributed by atoms with E-state index in [4.69, 9.17) is 5.73 Å². The molecule has 0 aliphatic carbocycles. The van der Waals surface area contributed by atoms with Gasteiger partial charge in [-0.1, -0.05) is 23.3 Å². The van der Waals surface area contributed by atoms with E-state index < -0.39 is 0 Å². The third kappa shape index (κ3) is 2.31. The van der Waals surface area contributed by atoms with Crippen LogP contribution in [0, 0.1) is 0 Å². The Morgan fingerprint density at radius 1 is 1.26 bits per heavy atom. The van der Waals surface area contributed by atoms with Gasteiger partial charge in [0.15, 0.2) is 0 Å². The van der Waals surface area contributed by atoms with E-state index in [2.05, 4.69) is 27.3 Å². The van der Waals surface area contributed by atoms with Crippen LogP contribution in [0.4, 0.5) is 5.95 Å². The summed E-state index contributed by atoms with van der Waals surface area (Å²) in [7, 11) is 0. The Morgan fingerprint density at radius 2 is 2.05 bits per heavy atom. The first-order valence-electron chi connectivity index (χ1n) is 6.61. The SMILES string of the molecule is CC1CC(N)CCN1c1nnnn1-c1ccccc1. The molecule has 0 saturated carbocycles. The molecule has 2 N–H and O–H groups in total. The van der Waals surface area contributed by atoms with E-state index in [9.17, 15) is 0 Å². The van der Waals surface area contributed by atoms with Crippen LogP contribution in [0.1, 0.15) is 19.8 Å². The Hall–Kier alpha value is -1.95. The predicted octanol–water partition coefficient (Wildman–Crippen LogP) is 0.978. The zero-order valence-electron chi connectivity index (χ0n) is 11.0. The van der Waals surface area contributed by atoms with Crippen LogP contribution in [0.5, 0.6) is 0 Å². The average Bonchev–Trinajstić information content (AvgIpc) is 2.89. The Kier molecular flexibility index (Phi) is 3.16. The average molecular weight is 258 g/mol. The van der Waals surface area contributed by atoms with E-state index in [1.807, 2.05) is 30.3 Å². The third-order valence-corrected chi connectivity index (χ3v) is 3.63. The topological polar surface area (TPSA) is 72.9 Å². The quantitative estimate of drug-likeness (QED) is 0.869. The minimum absolute atomic E-state index is 0.285. The van der Waals surface area contributed by atoms with Gasteiger partial charge >= 0.3 is 0 Å². The first-order chi connectivity index (χ1) is 9.25. The van der Waals surface area contributed by atoms with E-state index in [0.717, 1.165) is 31.0 Å². The summed E-state index contributed by atoms with van der Waals surface area (Å²) in [6, 6.07) is 10.6. The van der Waals surface area contributed by atoms with Gasteiger partial charge in [0.05, 0.1) is 5.69 Å². The highest BCUT2D eigenvalue weighted by molar-refractivity contribution is 5.41. The van der Waals surface area contributed by atoms with Crippen molar-refractivity contribution in [1.82, 2.24) is 20.2 Å². The van der Waals surface area contributed by atoms with Gasteiger partial charge in [0.2, 0.25) is 0 Å². The smallest absolute Gasteiger partial charge is 0.250 e. The van der Waals surface area contributed by atoms with Crippen LogP contribution in [-0.2, 0) is 0 Å². The normalized spacial score (nSPS) is 23.6. The third-order valence-electron chi connectivity index (χ3n) is 3.63. The zero-order chi connectivity index (χ0) is 13.2. The van der Waals surface area contributed by atoms with Crippen molar-refractivity contribution in [3.8, 4) is 5.69 Å². The summed E-state index contributed by atoms with van der Waals surface area (Å²) in [5, 5.41) is 12.1. The molecule has 2 unspecified atom stereocenters. The van der Waals surface area contributed by atoms with Gasteiger partial charge in [0, 0.05) is 18.6 Å². The van der Waals surface area contributed by atoms with Gasteiger partial charge in [0.1, 0.15) is 0 Å². The largest absolute Gasteiger partial charge is 0.337 e. The molecule has 1 saturated heterocycles. The van der Waals surface area contributed by atoms with Gasteiger partial charge in [-0.25, -0.2) is 0 Å². The van der Waals surface area contributed by atoms with Crippen molar-refractivity contribution in [2.24, 2.45) is 5.73 Å². The summed E-state index contributed by atoms with van der Waals surface area (Å²) in [6.07, 6.45) is 1.95. The molecule has 6 nitrogen and oxygen atoms in total. The number of tetrazole rings is 1. The zero-order valence-corrected chi connectivity index (χ0v) is 11.0. The molecular formula is C13H18N6. The molecule has 0 bridgehead atoms. The molecule has 1 fully saturated rings. The standard InChI is InChI=1S/C13H18N6/c1-10-9-11(14)7-8-18(10)13-15-16-17-19(13)12-5-3-2-4-6-12/h2-6,10-11H,7-9,14H2,1H3. The molecule has 2 aromatic rings. The number of aromatic nitrogens is 4. The number of hydrogen-bond acceptors (Lipinski definition) is 5. The van der Waals surface area contributed by atoms with Crippen LogP contribution in [0.15, 0.2) is 30.3 Å². The number of rotatable bonds is 2. The van der Waals surface area contributed by atoms with Crippen molar-refractivity contribution in [3.63, 3.8) is 0 Å². The second kappa shape index (κ2) is 4.97. The van der Waals surface area contributed by atoms with Crippen molar-refractivity contribution in [3.05, 3.63) is 30.3 Å². The van der Waals surface area contributed by atoms with E-state index >= 15 is 0 Å². The molecule has 1 aliphatic rings. The van der Waals surface area contributed by atoms with Gasteiger partial charge in [-0.3, -0.25) is 0 Å². The number of nitrogens with zero attached hydrogens (tertiary/aromatic N) is 5. The van der Waals surface area contributed by atoms with Gasteiger partial charge in [0.25, 0.3) is 5.95 Å². The Bertz CT molecular complexity index is 537. The Labute approximate surface area is 112 Å². The summed E-state index contributed by atoms with van der Waals surface area (Å²) in [5.41, 5.74) is 6.98. The molecule has 1 aromatic carbocycles. The van der Waals surface area contributed by atoms with Crippen molar-refractivity contribution < 1.29 is 0 Å². The number of nitrogens with two attached hydrogens (primary N) is 1. The second-order valence-corrected chi connectivity index (χ2v) is 5.05. The molecule has 1 aromatic heterocycles. The lowest BCUT2D eigenvalue weighted by Crippen LogP contribution is -2.46. The maximum absolute atomic E-state index is 6.00. The van der Waals surface area contributed by atoms with Gasteiger partial charge in [-0.15, -0.1) is 0 Å². The van der Waals surface area contributed by atoms with E-state index in [1.165, 1.54) is 0 Å². The number of piperidine rings is 1. The van der Waals surface area contributed by atoms with Crippen molar-refractivity contribution >= 4 is 5.95 Å². The lowest BCUT2D eigenvalue weighted by atomic mass is 10.00. The molecular weight excluding hydrogens is 240 g/mol. The van der Waals surface area contributed by atoms with Crippen LogP contribution in [0.25, 0.3) is 5.69 Å². The highest BCUT2D eigenvalue weighted by Gasteiger charge is 2.27. The lowest BCUT2D eigenvalue weighted by Gasteiger charge is -2.36. The fourth-order valence-electron chi connectivity index (χ4n) is 2.60. The number of para-hydroxylation sites is 1. The molecule has 6 heteroatoms. The molecule has 2 heterocycles. The fraction of sp³-hybridized carbons (Fsp3) is 0.462. The summed E-state index contributed by atoms with van der Waals surface area (Å²) >= 11 is 0. The number of hydrogen-bond donors (Lipinski definition) is 1. The Balaban J connectivity index is 1.92. The molecule has 2 atom stereocenters.